The first-order chi connectivity index (χ1) is 11.7. The summed E-state index contributed by atoms with van der Waals surface area (Å²) in [5, 5.41) is 6.60. The Morgan fingerprint density at radius 2 is 1.71 bits per heavy atom. The topological polar surface area (TPSA) is 30.7 Å². The Labute approximate surface area is 145 Å². The molecular weight excluding hydrogens is 318 g/mol. The standard InChI is InChI=1S/C20H16ClN3/c1-14-11-16(21)12-18(22-14)20-17-9-5-6-10-19(17)24(23-20)13-15-7-3-2-4-8-15/h2-12H,13H2,1H3. The number of fused-ring (bicyclic) bond motifs is 1. The van der Waals surface area contributed by atoms with Gasteiger partial charge in [-0.1, -0.05) is 60.1 Å². The Morgan fingerprint density at radius 1 is 0.958 bits per heavy atom. The Balaban J connectivity index is 1.88. The van der Waals surface area contributed by atoms with Gasteiger partial charge >= 0.3 is 0 Å². The molecule has 4 aromatic rings. The van der Waals surface area contributed by atoms with E-state index in [9.17, 15) is 0 Å². The number of pyridine rings is 1. The van der Waals surface area contributed by atoms with Gasteiger partial charge in [0, 0.05) is 16.1 Å². The fourth-order valence-corrected chi connectivity index (χ4v) is 3.20. The maximum Gasteiger partial charge on any atom is 0.119 e. The van der Waals surface area contributed by atoms with Crippen molar-refractivity contribution in [2.45, 2.75) is 13.5 Å². The molecule has 0 saturated carbocycles. The number of rotatable bonds is 3. The Morgan fingerprint density at radius 3 is 2.50 bits per heavy atom. The summed E-state index contributed by atoms with van der Waals surface area (Å²) in [7, 11) is 0. The minimum absolute atomic E-state index is 0.680. The Hall–Kier alpha value is -2.65. The third-order valence-electron chi connectivity index (χ3n) is 3.99. The molecule has 0 bridgehead atoms. The number of aromatic nitrogens is 3. The van der Waals surface area contributed by atoms with Gasteiger partial charge < -0.3 is 0 Å². The van der Waals surface area contributed by atoms with E-state index in [1.54, 1.807) is 0 Å². The second kappa shape index (κ2) is 6.10. The van der Waals surface area contributed by atoms with Gasteiger partial charge in [-0.25, -0.2) is 0 Å². The van der Waals surface area contributed by atoms with E-state index in [0.29, 0.717) is 5.02 Å². The second-order valence-electron chi connectivity index (χ2n) is 5.82. The average molecular weight is 334 g/mol. The summed E-state index contributed by atoms with van der Waals surface area (Å²) in [5.74, 6) is 0. The van der Waals surface area contributed by atoms with Crippen LogP contribution in [0.4, 0.5) is 0 Å². The number of para-hydroxylation sites is 1. The highest BCUT2D eigenvalue weighted by Crippen LogP contribution is 2.29. The highest BCUT2D eigenvalue weighted by atomic mass is 35.5. The Kier molecular flexibility index (Phi) is 3.79. The van der Waals surface area contributed by atoms with Gasteiger partial charge in [-0.2, -0.15) is 5.10 Å². The highest BCUT2D eigenvalue weighted by molar-refractivity contribution is 6.30. The van der Waals surface area contributed by atoms with Crippen molar-refractivity contribution in [3.8, 4) is 11.4 Å². The highest BCUT2D eigenvalue weighted by Gasteiger charge is 2.14. The number of halogens is 1. The van der Waals surface area contributed by atoms with Gasteiger partial charge in [0.1, 0.15) is 5.69 Å². The molecule has 2 heterocycles. The molecule has 0 aliphatic carbocycles. The van der Waals surface area contributed by atoms with Crippen LogP contribution in [0.1, 0.15) is 11.3 Å². The summed E-state index contributed by atoms with van der Waals surface area (Å²) in [4.78, 5) is 4.61. The van der Waals surface area contributed by atoms with Gasteiger partial charge in [-0.3, -0.25) is 9.67 Å². The molecule has 4 heteroatoms. The molecule has 0 aliphatic heterocycles. The van der Waals surface area contributed by atoms with Crippen molar-refractivity contribution in [2.24, 2.45) is 0 Å². The molecule has 0 fully saturated rings. The fourth-order valence-electron chi connectivity index (χ4n) is 2.94. The average Bonchev–Trinajstić information content (AvgIpc) is 2.94. The zero-order valence-corrected chi connectivity index (χ0v) is 14.0. The van der Waals surface area contributed by atoms with Crippen LogP contribution in [0.3, 0.4) is 0 Å². The summed E-state index contributed by atoms with van der Waals surface area (Å²) in [6.45, 7) is 2.67. The molecule has 2 aromatic carbocycles. The quantitative estimate of drug-likeness (QED) is 0.521. The lowest BCUT2D eigenvalue weighted by atomic mass is 10.1. The van der Waals surface area contributed by atoms with Crippen molar-refractivity contribution in [2.75, 3.05) is 0 Å². The third kappa shape index (κ3) is 2.79. The van der Waals surface area contributed by atoms with Gasteiger partial charge in [0.05, 0.1) is 17.8 Å². The molecule has 0 amide bonds. The summed E-state index contributed by atoms with van der Waals surface area (Å²) >= 11 is 6.21. The van der Waals surface area contributed by atoms with Crippen LogP contribution in [-0.4, -0.2) is 14.8 Å². The van der Waals surface area contributed by atoms with E-state index in [0.717, 1.165) is 34.5 Å². The Bertz CT molecular complexity index is 986. The SMILES string of the molecule is Cc1cc(Cl)cc(-c2nn(Cc3ccccc3)c3ccccc23)n1. The van der Waals surface area contributed by atoms with Gasteiger partial charge in [-0.15, -0.1) is 0 Å². The molecule has 24 heavy (non-hydrogen) atoms. The fraction of sp³-hybridized carbons (Fsp3) is 0.100. The zero-order chi connectivity index (χ0) is 16.5. The molecular formula is C20H16ClN3. The summed E-state index contributed by atoms with van der Waals surface area (Å²) in [6.07, 6.45) is 0. The number of benzene rings is 2. The van der Waals surface area contributed by atoms with E-state index in [1.165, 1.54) is 5.56 Å². The van der Waals surface area contributed by atoms with Crippen LogP contribution < -0.4 is 0 Å². The first-order valence-electron chi connectivity index (χ1n) is 7.85. The maximum atomic E-state index is 6.21. The normalized spacial score (nSPS) is 11.1. The predicted molar refractivity (Wildman–Crippen MR) is 98.3 cm³/mol. The van der Waals surface area contributed by atoms with Crippen LogP contribution in [-0.2, 0) is 6.54 Å². The lowest BCUT2D eigenvalue weighted by Crippen LogP contribution is -2.01. The maximum absolute atomic E-state index is 6.21. The van der Waals surface area contributed by atoms with E-state index < -0.39 is 0 Å². The smallest absolute Gasteiger partial charge is 0.119 e. The van der Waals surface area contributed by atoms with Crippen molar-refractivity contribution in [3.05, 3.63) is 83.0 Å². The monoisotopic (exact) mass is 333 g/mol. The van der Waals surface area contributed by atoms with Gasteiger partial charge in [0.15, 0.2) is 0 Å². The first-order valence-corrected chi connectivity index (χ1v) is 8.22. The molecule has 0 radical (unpaired) electrons. The first kappa shape index (κ1) is 14.9. The predicted octanol–water partition coefficient (Wildman–Crippen LogP) is 5.11. The summed E-state index contributed by atoms with van der Waals surface area (Å²) in [6, 6.07) is 22.3. The van der Waals surface area contributed by atoms with Crippen LogP contribution >= 0.6 is 11.6 Å². The zero-order valence-electron chi connectivity index (χ0n) is 13.3. The summed E-state index contributed by atoms with van der Waals surface area (Å²) < 4.78 is 2.03. The van der Waals surface area contributed by atoms with Crippen LogP contribution in [0, 0.1) is 6.92 Å². The molecule has 0 saturated heterocycles. The van der Waals surface area contributed by atoms with Crippen LogP contribution in [0.5, 0.6) is 0 Å². The number of aryl methyl sites for hydroxylation is 1. The molecule has 0 spiro atoms. The molecule has 0 aliphatic rings. The van der Waals surface area contributed by atoms with Gasteiger partial charge in [-0.05, 0) is 30.7 Å². The van der Waals surface area contributed by atoms with E-state index in [1.807, 2.05) is 54.1 Å². The second-order valence-corrected chi connectivity index (χ2v) is 6.26. The van der Waals surface area contributed by atoms with E-state index >= 15 is 0 Å². The number of nitrogens with zero attached hydrogens (tertiary/aromatic N) is 3. The largest absolute Gasteiger partial charge is 0.260 e. The lowest BCUT2D eigenvalue weighted by molar-refractivity contribution is 0.714. The van der Waals surface area contributed by atoms with Crippen molar-refractivity contribution in [1.82, 2.24) is 14.8 Å². The number of hydrogen-bond acceptors (Lipinski definition) is 2. The van der Waals surface area contributed by atoms with Crippen LogP contribution in [0.15, 0.2) is 66.7 Å². The van der Waals surface area contributed by atoms with E-state index in [2.05, 4.69) is 29.2 Å². The minimum Gasteiger partial charge on any atom is -0.260 e. The molecule has 3 nitrogen and oxygen atoms in total. The van der Waals surface area contributed by atoms with Crippen LogP contribution in [0.2, 0.25) is 5.02 Å². The molecule has 0 unspecified atom stereocenters. The molecule has 0 atom stereocenters. The molecule has 118 valence electrons. The van der Waals surface area contributed by atoms with E-state index in [4.69, 9.17) is 16.7 Å². The van der Waals surface area contributed by atoms with Gasteiger partial charge in [0.25, 0.3) is 0 Å². The van der Waals surface area contributed by atoms with E-state index in [-0.39, 0.29) is 0 Å². The van der Waals surface area contributed by atoms with Crippen molar-refractivity contribution in [3.63, 3.8) is 0 Å². The lowest BCUT2D eigenvalue weighted by Gasteiger charge is -2.03. The van der Waals surface area contributed by atoms with Crippen molar-refractivity contribution < 1.29 is 0 Å². The van der Waals surface area contributed by atoms with Crippen LogP contribution in [0.25, 0.3) is 22.3 Å². The minimum atomic E-state index is 0.680. The van der Waals surface area contributed by atoms with Crippen molar-refractivity contribution in [1.29, 1.82) is 0 Å². The number of hydrogen-bond donors (Lipinski definition) is 0. The molecule has 4 rings (SSSR count). The van der Waals surface area contributed by atoms with Crippen molar-refractivity contribution >= 4 is 22.5 Å². The molecule has 0 N–H and O–H groups in total. The molecule has 2 aromatic heterocycles. The summed E-state index contributed by atoms with van der Waals surface area (Å²) in [5.41, 5.74) is 4.87. The third-order valence-corrected chi connectivity index (χ3v) is 4.21. The van der Waals surface area contributed by atoms with Gasteiger partial charge in [0.2, 0.25) is 0 Å².